The highest BCUT2D eigenvalue weighted by Gasteiger charge is 2.31. The summed E-state index contributed by atoms with van der Waals surface area (Å²) in [6.07, 6.45) is 2.94. The molecule has 2 amide bonds. The quantitative estimate of drug-likeness (QED) is 0.0494. The SMILES string of the molecule is C=CCOC(=O)NC(Cc1ccc(OCCSCC(NC(=O)OCC2c3ccccc3-c3ccccc32)C(=O)OC(C)(C)C)cc1)C(=O)OC=CC. The Kier molecular flexibility index (Phi) is 14.8. The van der Waals surface area contributed by atoms with Crippen LogP contribution in [0, 0.1) is 0 Å². The smallest absolute Gasteiger partial charge is 0.408 e. The first-order valence-corrected chi connectivity index (χ1v) is 18.1. The van der Waals surface area contributed by atoms with Crippen LogP contribution < -0.4 is 15.4 Å². The van der Waals surface area contributed by atoms with Crippen LogP contribution in [0.4, 0.5) is 9.59 Å². The number of hydrogen-bond acceptors (Lipinski definition) is 10. The van der Waals surface area contributed by atoms with Crippen molar-refractivity contribution < 1.29 is 42.9 Å². The highest BCUT2D eigenvalue weighted by Crippen LogP contribution is 2.44. The van der Waals surface area contributed by atoms with Gasteiger partial charge in [0.05, 0.1) is 12.9 Å². The van der Waals surface area contributed by atoms with Crippen molar-refractivity contribution in [3.63, 3.8) is 0 Å². The van der Waals surface area contributed by atoms with Crippen LogP contribution in [0.25, 0.3) is 11.1 Å². The number of amides is 2. The number of hydrogen-bond donors (Lipinski definition) is 2. The van der Waals surface area contributed by atoms with Crippen LogP contribution in [0.1, 0.15) is 50.3 Å². The van der Waals surface area contributed by atoms with E-state index in [0.29, 0.717) is 18.1 Å². The number of alkyl carbamates (subject to hydrolysis) is 2. The average Bonchev–Trinajstić information content (AvgIpc) is 3.44. The zero-order valence-electron chi connectivity index (χ0n) is 29.9. The molecule has 3 aromatic carbocycles. The lowest BCUT2D eigenvalue weighted by Crippen LogP contribution is -2.46. The number of fused-ring (bicyclic) bond motifs is 3. The first kappa shape index (κ1) is 39.6. The van der Waals surface area contributed by atoms with Gasteiger partial charge in [0.15, 0.2) is 0 Å². The summed E-state index contributed by atoms with van der Waals surface area (Å²) < 4.78 is 27.2. The van der Waals surface area contributed by atoms with Gasteiger partial charge in [-0.05, 0) is 67.6 Å². The monoisotopic (exact) mass is 730 g/mol. The topological polar surface area (TPSA) is 138 Å². The molecule has 1 aliphatic rings. The molecule has 276 valence electrons. The minimum Gasteiger partial charge on any atom is -0.493 e. The average molecular weight is 731 g/mol. The van der Waals surface area contributed by atoms with E-state index >= 15 is 0 Å². The van der Waals surface area contributed by atoms with Gasteiger partial charge in [-0.2, -0.15) is 11.8 Å². The number of allylic oxidation sites excluding steroid dienone is 1. The molecule has 3 aromatic rings. The van der Waals surface area contributed by atoms with E-state index in [2.05, 4.69) is 29.3 Å². The number of nitrogens with one attached hydrogen (secondary N) is 2. The van der Waals surface area contributed by atoms with Crippen molar-refractivity contribution in [2.24, 2.45) is 0 Å². The van der Waals surface area contributed by atoms with Crippen LogP contribution >= 0.6 is 11.8 Å². The number of benzene rings is 3. The van der Waals surface area contributed by atoms with Gasteiger partial charge < -0.3 is 34.3 Å². The summed E-state index contributed by atoms with van der Waals surface area (Å²) in [6, 6.07) is 21.3. The lowest BCUT2D eigenvalue weighted by Gasteiger charge is -2.24. The van der Waals surface area contributed by atoms with Gasteiger partial charge in [0.1, 0.15) is 36.6 Å². The van der Waals surface area contributed by atoms with Gasteiger partial charge in [0.2, 0.25) is 0 Å². The molecule has 0 spiro atoms. The molecule has 12 heteroatoms. The standard InChI is InChI=1S/C40H46N2O9S/c1-6-20-48-36(43)34(41-38(45)49-21-7-2)24-27-16-18-28(19-17-27)47-22-23-52-26-35(37(44)51-40(3,4)5)42-39(46)50-25-33-31-14-10-8-12-29(31)30-13-9-11-15-32(30)33/h6-20,33-35H,2,21-26H2,1,3-5H3,(H,41,45)(H,42,46). The van der Waals surface area contributed by atoms with Crippen LogP contribution in [0.15, 0.2) is 97.8 Å². The lowest BCUT2D eigenvalue weighted by atomic mass is 9.98. The predicted molar refractivity (Wildman–Crippen MR) is 200 cm³/mol. The normalized spacial score (nSPS) is 13.2. The zero-order chi connectivity index (χ0) is 37.5. The predicted octanol–water partition coefficient (Wildman–Crippen LogP) is 6.95. The first-order chi connectivity index (χ1) is 25.0. The van der Waals surface area contributed by atoms with Gasteiger partial charge in [-0.25, -0.2) is 19.2 Å². The lowest BCUT2D eigenvalue weighted by molar-refractivity contribution is -0.156. The summed E-state index contributed by atoms with van der Waals surface area (Å²) >= 11 is 1.42. The Balaban J connectivity index is 1.27. The first-order valence-electron chi connectivity index (χ1n) is 17.0. The molecule has 2 N–H and O–H groups in total. The Labute approximate surface area is 309 Å². The highest BCUT2D eigenvalue weighted by molar-refractivity contribution is 7.99. The van der Waals surface area contributed by atoms with E-state index in [-0.39, 0.29) is 31.3 Å². The molecule has 4 rings (SSSR count). The van der Waals surface area contributed by atoms with Gasteiger partial charge in [0, 0.05) is 23.8 Å². The maximum absolute atomic E-state index is 13.1. The molecule has 0 saturated heterocycles. The fourth-order valence-electron chi connectivity index (χ4n) is 5.43. The molecule has 0 bridgehead atoms. The number of carbonyl (C=O) groups is 4. The minimum atomic E-state index is -0.975. The maximum Gasteiger partial charge on any atom is 0.408 e. The van der Waals surface area contributed by atoms with E-state index in [1.54, 1.807) is 58.0 Å². The van der Waals surface area contributed by atoms with Crippen molar-refractivity contribution in [1.29, 1.82) is 0 Å². The molecular weight excluding hydrogens is 685 g/mol. The number of thioether (sulfide) groups is 1. The molecule has 2 atom stereocenters. The molecule has 0 radical (unpaired) electrons. The Morgan fingerprint density at radius 2 is 1.46 bits per heavy atom. The Bertz CT molecular complexity index is 1670. The summed E-state index contributed by atoms with van der Waals surface area (Å²) in [6.45, 7) is 11.0. The Morgan fingerprint density at radius 3 is 2.08 bits per heavy atom. The summed E-state index contributed by atoms with van der Waals surface area (Å²) in [5, 5.41) is 5.23. The zero-order valence-corrected chi connectivity index (χ0v) is 30.7. The molecule has 1 aliphatic carbocycles. The minimum absolute atomic E-state index is 0.00350. The fraction of sp³-hybridized carbons (Fsp3) is 0.350. The third-order valence-corrected chi connectivity index (χ3v) is 8.72. The number of esters is 2. The molecule has 0 heterocycles. The Morgan fingerprint density at radius 1 is 0.846 bits per heavy atom. The molecule has 0 saturated carbocycles. The van der Waals surface area contributed by atoms with Gasteiger partial charge in [0.25, 0.3) is 0 Å². The molecule has 0 aliphatic heterocycles. The van der Waals surface area contributed by atoms with Crippen LogP contribution in [0.5, 0.6) is 5.75 Å². The van der Waals surface area contributed by atoms with Gasteiger partial charge in [-0.3, -0.25) is 0 Å². The van der Waals surface area contributed by atoms with E-state index in [9.17, 15) is 19.2 Å². The summed E-state index contributed by atoms with van der Waals surface area (Å²) in [7, 11) is 0. The molecule has 0 fully saturated rings. The molecule has 11 nitrogen and oxygen atoms in total. The second-order valence-electron chi connectivity index (χ2n) is 12.8. The third kappa shape index (κ3) is 11.9. The van der Waals surface area contributed by atoms with Crippen molar-refractivity contribution in [2.45, 2.75) is 57.7 Å². The summed E-state index contributed by atoms with van der Waals surface area (Å²) in [5.41, 5.74) is 4.46. The van der Waals surface area contributed by atoms with Gasteiger partial charge in [-0.15, -0.1) is 0 Å². The van der Waals surface area contributed by atoms with E-state index < -0.39 is 41.8 Å². The number of ether oxygens (including phenoxy) is 5. The molecular formula is C40H46N2O9S. The summed E-state index contributed by atoms with van der Waals surface area (Å²) in [4.78, 5) is 50.7. The van der Waals surface area contributed by atoms with Crippen LogP contribution in [-0.2, 0) is 35.0 Å². The van der Waals surface area contributed by atoms with E-state index in [1.807, 2.05) is 36.4 Å². The van der Waals surface area contributed by atoms with E-state index in [4.69, 9.17) is 23.7 Å². The van der Waals surface area contributed by atoms with Crippen LogP contribution in [-0.4, -0.2) is 73.1 Å². The fourth-order valence-corrected chi connectivity index (χ4v) is 6.25. The van der Waals surface area contributed by atoms with Crippen LogP contribution in [0.3, 0.4) is 0 Å². The van der Waals surface area contributed by atoms with Crippen molar-refractivity contribution >= 4 is 35.9 Å². The van der Waals surface area contributed by atoms with Crippen molar-refractivity contribution in [3.8, 4) is 16.9 Å². The van der Waals surface area contributed by atoms with Crippen molar-refractivity contribution in [3.05, 3.63) is 114 Å². The summed E-state index contributed by atoms with van der Waals surface area (Å²) in [5.74, 6) is 0.0568. The van der Waals surface area contributed by atoms with E-state index in [0.717, 1.165) is 27.8 Å². The van der Waals surface area contributed by atoms with Crippen molar-refractivity contribution in [2.75, 3.05) is 31.3 Å². The number of rotatable bonds is 17. The number of carbonyl (C=O) groups excluding carboxylic acids is 4. The maximum atomic E-state index is 13.1. The Hall–Kier alpha value is -5.23. The van der Waals surface area contributed by atoms with Crippen LogP contribution in [0.2, 0.25) is 0 Å². The largest absolute Gasteiger partial charge is 0.493 e. The highest BCUT2D eigenvalue weighted by atomic mass is 32.2. The molecule has 0 aromatic heterocycles. The second kappa shape index (κ2) is 19.4. The molecule has 2 unspecified atom stereocenters. The second-order valence-corrected chi connectivity index (χ2v) is 14.0. The van der Waals surface area contributed by atoms with Crippen molar-refractivity contribution in [1.82, 2.24) is 10.6 Å². The van der Waals surface area contributed by atoms with Gasteiger partial charge >= 0.3 is 24.1 Å². The van der Waals surface area contributed by atoms with E-state index in [1.165, 1.54) is 24.1 Å². The third-order valence-electron chi connectivity index (χ3n) is 7.70. The van der Waals surface area contributed by atoms with Gasteiger partial charge in [-0.1, -0.05) is 79.4 Å². The molecule has 52 heavy (non-hydrogen) atoms.